The molecule has 1 atom stereocenters. The Balaban J connectivity index is 2.82. The lowest BCUT2D eigenvalue weighted by Crippen LogP contribution is -2.32. The molecule has 1 aromatic heterocycles. The van der Waals surface area contributed by atoms with Crippen molar-refractivity contribution in [2.75, 3.05) is 0 Å². The van der Waals surface area contributed by atoms with Gasteiger partial charge in [0.2, 0.25) is 0 Å². The normalized spacial score (nSPS) is 12.3. The van der Waals surface area contributed by atoms with Crippen LogP contribution in [0, 0.1) is 13.8 Å². The summed E-state index contributed by atoms with van der Waals surface area (Å²) in [4.78, 5) is 16.1. The summed E-state index contributed by atoms with van der Waals surface area (Å²) in [6.45, 7) is 7.82. The first kappa shape index (κ1) is 11.7. The molecule has 15 heavy (non-hydrogen) atoms. The van der Waals surface area contributed by atoms with Crippen molar-refractivity contribution in [2.24, 2.45) is 0 Å². The molecule has 82 valence electrons. The fourth-order valence-corrected chi connectivity index (χ4v) is 1.33. The minimum Gasteiger partial charge on any atom is -0.350 e. The quantitative estimate of drug-likeness (QED) is 0.824. The van der Waals surface area contributed by atoms with Gasteiger partial charge in [-0.2, -0.15) is 0 Å². The molecule has 0 radical (unpaired) electrons. The molecule has 0 aliphatic heterocycles. The van der Waals surface area contributed by atoms with Crippen molar-refractivity contribution >= 4 is 5.91 Å². The van der Waals surface area contributed by atoms with Crippen LogP contribution in [0.4, 0.5) is 0 Å². The van der Waals surface area contributed by atoms with E-state index in [1.807, 2.05) is 39.8 Å². The lowest BCUT2D eigenvalue weighted by atomic mass is 10.1. The third kappa shape index (κ3) is 3.05. The predicted molar refractivity (Wildman–Crippen MR) is 60.9 cm³/mol. The van der Waals surface area contributed by atoms with Gasteiger partial charge in [-0.3, -0.25) is 9.78 Å². The lowest BCUT2D eigenvalue weighted by molar-refractivity contribution is 0.0938. The highest BCUT2D eigenvalue weighted by Crippen LogP contribution is 2.06. The van der Waals surface area contributed by atoms with Crippen LogP contribution in [-0.4, -0.2) is 16.9 Å². The molecule has 1 amide bonds. The van der Waals surface area contributed by atoms with Crippen LogP contribution < -0.4 is 5.32 Å². The number of hydrogen-bond donors (Lipinski definition) is 1. The Morgan fingerprint density at radius 1 is 1.47 bits per heavy atom. The Hall–Kier alpha value is -1.38. The molecule has 0 spiro atoms. The predicted octanol–water partition coefficient (Wildman–Crippen LogP) is 2.23. The topological polar surface area (TPSA) is 42.0 Å². The van der Waals surface area contributed by atoms with Crippen molar-refractivity contribution in [2.45, 2.75) is 40.2 Å². The smallest absolute Gasteiger partial charge is 0.253 e. The van der Waals surface area contributed by atoms with Crippen molar-refractivity contribution in [3.05, 3.63) is 29.1 Å². The Morgan fingerprint density at radius 2 is 2.13 bits per heavy atom. The van der Waals surface area contributed by atoms with Gasteiger partial charge in [-0.15, -0.1) is 0 Å². The number of aryl methyl sites for hydroxylation is 2. The molecule has 1 N–H and O–H groups in total. The summed E-state index contributed by atoms with van der Waals surface area (Å²) < 4.78 is 0. The van der Waals surface area contributed by atoms with Gasteiger partial charge in [-0.25, -0.2) is 0 Å². The molecule has 1 aromatic rings. The number of pyridine rings is 1. The number of carbonyl (C=O) groups excluding carboxylic acids is 1. The largest absolute Gasteiger partial charge is 0.350 e. The van der Waals surface area contributed by atoms with Crippen LogP contribution in [0.2, 0.25) is 0 Å². The van der Waals surface area contributed by atoms with E-state index >= 15 is 0 Å². The van der Waals surface area contributed by atoms with E-state index < -0.39 is 0 Å². The number of rotatable bonds is 3. The van der Waals surface area contributed by atoms with Crippen molar-refractivity contribution in [3.63, 3.8) is 0 Å². The first-order valence-corrected chi connectivity index (χ1v) is 5.29. The lowest BCUT2D eigenvalue weighted by Gasteiger charge is -2.12. The number of carbonyl (C=O) groups is 1. The van der Waals surface area contributed by atoms with E-state index in [0.717, 1.165) is 17.8 Å². The summed E-state index contributed by atoms with van der Waals surface area (Å²) in [7, 11) is 0. The summed E-state index contributed by atoms with van der Waals surface area (Å²) in [5, 5.41) is 2.93. The maximum Gasteiger partial charge on any atom is 0.253 e. The van der Waals surface area contributed by atoms with Crippen molar-refractivity contribution in [1.29, 1.82) is 0 Å². The first-order valence-electron chi connectivity index (χ1n) is 5.29. The molecule has 1 rings (SSSR count). The highest BCUT2D eigenvalue weighted by Gasteiger charge is 2.11. The highest BCUT2D eigenvalue weighted by atomic mass is 16.1. The van der Waals surface area contributed by atoms with Gasteiger partial charge in [0, 0.05) is 11.7 Å². The Labute approximate surface area is 90.9 Å². The Morgan fingerprint density at radius 3 is 2.67 bits per heavy atom. The number of aromatic nitrogens is 1. The first-order chi connectivity index (χ1) is 7.04. The molecule has 0 fully saturated rings. The summed E-state index contributed by atoms with van der Waals surface area (Å²) in [6.07, 6.45) is 0.935. The second-order valence-corrected chi connectivity index (χ2v) is 3.87. The zero-order chi connectivity index (χ0) is 11.4. The van der Waals surface area contributed by atoms with Gasteiger partial charge < -0.3 is 5.32 Å². The van der Waals surface area contributed by atoms with Crippen LogP contribution in [0.1, 0.15) is 42.0 Å². The molecule has 0 aliphatic carbocycles. The zero-order valence-corrected chi connectivity index (χ0v) is 9.79. The molecule has 3 heteroatoms. The van der Waals surface area contributed by atoms with Gasteiger partial charge in [-0.05, 0) is 39.3 Å². The van der Waals surface area contributed by atoms with E-state index in [9.17, 15) is 4.79 Å². The molecule has 0 bridgehead atoms. The SMILES string of the molecule is CCC(C)NC(=O)c1ccc(C)nc1C. The van der Waals surface area contributed by atoms with Crippen molar-refractivity contribution < 1.29 is 4.79 Å². The summed E-state index contributed by atoms with van der Waals surface area (Å²) in [6, 6.07) is 3.90. The van der Waals surface area contributed by atoms with Crippen LogP contribution in [-0.2, 0) is 0 Å². The van der Waals surface area contributed by atoms with E-state index in [4.69, 9.17) is 0 Å². The van der Waals surface area contributed by atoms with E-state index in [1.54, 1.807) is 0 Å². The average molecular weight is 206 g/mol. The number of nitrogens with zero attached hydrogens (tertiary/aromatic N) is 1. The van der Waals surface area contributed by atoms with Gasteiger partial charge >= 0.3 is 0 Å². The van der Waals surface area contributed by atoms with Gasteiger partial charge in [0.05, 0.1) is 11.3 Å². The zero-order valence-electron chi connectivity index (χ0n) is 9.79. The summed E-state index contributed by atoms with van der Waals surface area (Å²) >= 11 is 0. The molecule has 0 aromatic carbocycles. The molecule has 3 nitrogen and oxygen atoms in total. The minimum atomic E-state index is -0.0330. The van der Waals surface area contributed by atoms with Gasteiger partial charge in [0.15, 0.2) is 0 Å². The second kappa shape index (κ2) is 4.91. The van der Waals surface area contributed by atoms with Crippen LogP contribution in [0.15, 0.2) is 12.1 Å². The van der Waals surface area contributed by atoms with Crippen LogP contribution in [0.5, 0.6) is 0 Å². The van der Waals surface area contributed by atoms with Crippen LogP contribution in [0.25, 0.3) is 0 Å². The number of amides is 1. The standard InChI is InChI=1S/C12H18N2O/c1-5-8(2)14-12(15)11-7-6-9(3)13-10(11)4/h6-8H,5H2,1-4H3,(H,14,15). The molecule has 0 aliphatic rings. The van der Waals surface area contributed by atoms with Crippen LogP contribution in [0.3, 0.4) is 0 Å². The molecule has 1 heterocycles. The second-order valence-electron chi connectivity index (χ2n) is 3.87. The molecular formula is C12H18N2O. The summed E-state index contributed by atoms with van der Waals surface area (Å²) in [5.74, 6) is -0.0330. The third-order valence-electron chi connectivity index (χ3n) is 2.46. The monoisotopic (exact) mass is 206 g/mol. The minimum absolute atomic E-state index is 0.0330. The molecular weight excluding hydrogens is 188 g/mol. The fraction of sp³-hybridized carbons (Fsp3) is 0.500. The fourth-order valence-electron chi connectivity index (χ4n) is 1.33. The molecule has 1 unspecified atom stereocenters. The number of nitrogens with one attached hydrogen (secondary N) is 1. The van der Waals surface area contributed by atoms with Crippen LogP contribution >= 0.6 is 0 Å². The van der Waals surface area contributed by atoms with E-state index in [1.165, 1.54) is 0 Å². The van der Waals surface area contributed by atoms with Crippen molar-refractivity contribution in [3.8, 4) is 0 Å². The molecule has 0 saturated heterocycles. The van der Waals surface area contributed by atoms with E-state index in [0.29, 0.717) is 5.56 Å². The van der Waals surface area contributed by atoms with Gasteiger partial charge in [-0.1, -0.05) is 6.92 Å². The van der Waals surface area contributed by atoms with E-state index in [-0.39, 0.29) is 11.9 Å². The third-order valence-corrected chi connectivity index (χ3v) is 2.46. The maximum atomic E-state index is 11.8. The van der Waals surface area contributed by atoms with E-state index in [2.05, 4.69) is 10.3 Å². The molecule has 0 saturated carbocycles. The van der Waals surface area contributed by atoms with Gasteiger partial charge in [0.25, 0.3) is 5.91 Å². The summed E-state index contributed by atoms with van der Waals surface area (Å²) in [5.41, 5.74) is 2.39. The Kier molecular flexibility index (Phi) is 3.83. The van der Waals surface area contributed by atoms with Gasteiger partial charge in [0.1, 0.15) is 0 Å². The maximum absolute atomic E-state index is 11.8. The van der Waals surface area contributed by atoms with Crippen molar-refractivity contribution in [1.82, 2.24) is 10.3 Å². The Bertz CT molecular complexity index is 361. The number of hydrogen-bond acceptors (Lipinski definition) is 2. The highest BCUT2D eigenvalue weighted by molar-refractivity contribution is 5.95. The average Bonchev–Trinajstić information content (AvgIpc) is 2.17.